The van der Waals surface area contributed by atoms with Crippen LogP contribution in [-0.4, -0.2) is 47.0 Å². The molecule has 0 aliphatic rings. The summed E-state index contributed by atoms with van der Waals surface area (Å²) >= 11 is 0. The van der Waals surface area contributed by atoms with Crippen LogP contribution in [0.25, 0.3) is 11.1 Å². The number of benzene rings is 2. The molecule has 1 unspecified atom stereocenters. The Balaban J connectivity index is 2.13. The molecule has 0 aliphatic heterocycles. The van der Waals surface area contributed by atoms with E-state index in [1.807, 2.05) is 65.7 Å². The lowest BCUT2D eigenvalue weighted by molar-refractivity contribution is -0.137. The molecule has 3 aromatic rings. The number of carbonyl (C=O) groups excluding carboxylic acids is 1. The fourth-order valence-corrected chi connectivity index (χ4v) is 6.17. The van der Waals surface area contributed by atoms with Gasteiger partial charge >= 0.3 is 5.97 Å². The second-order valence-corrected chi connectivity index (χ2v) is 12.9. The highest BCUT2D eigenvalue weighted by molar-refractivity contribution is 5.84. The van der Waals surface area contributed by atoms with Gasteiger partial charge in [-0.3, -0.25) is 14.4 Å². The van der Waals surface area contributed by atoms with Gasteiger partial charge in [0, 0.05) is 25.1 Å². The molecule has 3 rings (SSSR count). The molecular weight excluding hydrogens is 562 g/mol. The van der Waals surface area contributed by atoms with E-state index >= 15 is 8.78 Å². The maximum atomic E-state index is 15.8. The van der Waals surface area contributed by atoms with Crippen LogP contribution in [0, 0.1) is 52.2 Å². The van der Waals surface area contributed by atoms with Gasteiger partial charge in [-0.15, -0.1) is 0 Å². The van der Waals surface area contributed by atoms with Crippen LogP contribution >= 0.6 is 0 Å². The van der Waals surface area contributed by atoms with Crippen LogP contribution in [0.5, 0.6) is 0 Å². The first-order valence-electron chi connectivity index (χ1n) is 15.2. The number of aromatic nitrogens is 1. The number of aryl methyl sites for hydroxylation is 4. The van der Waals surface area contributed by atoms with Gasteiger partial charge in [0.05, 0.1) is 12.5 Å². The Bertz CT molecular complexity index is 1580. The Hall–Kier alpha value is -3.65. The third kappa shape index (κ3) is 8.08. The summed E-state index contributed by atoms with van der Waals surface area (Å²) in [5, 5.41) is 9.83. The van der Waals surface area contributed by atoms with Crippen LogP contribution < -0.4 is 5.56 Å². The summed E-state index contributed by atoms with van der Waals surface area (Å²) in [7, 11) is 3.79. The lowest BCUT2D eigenvalue weighted by Crippen LogP contribution is -2.34. The van der Waals surface area contributed by atoms with Crippen molar-refractivity contribution in [3.05, 3.63) is 91.4 Å². The lowest BCUT2D eigenvalue weighted by Gasteiger charge is -2.25. The quantitative estimate of drug-likeness (QED) is 0.221. The second-order valence-electron chi connectivity index (χ2n) is 12.9. The second kappa shape index (κ2) is 14.4. The van der Waals surface area contributed by atoms with Gasteiger partial charge in [0.2, 0.25) is 0 Å². The van der Waals surface area contributed by atoms with Crippen molar-refractivity contribution in [2.24, 2.45) is 5.92 Å². The highest BCUT2D eigenvalue weighted by Gasteiger charge is 2.31. The first kappa shape index (κ1) is 34.8. The Morgan fingerprint density at radius 2 is 1.52 bits per heavy atom. The minimum absolute atomic E-state index is 0.0295. The Morgan fingerprint density at radius 3 is 2.07 bits per heavy atom. The van der Waals surface area contributed by atoms with Crippen molar-refractivity contribution in [1.82, 2.24) is 9.47 Å². The number of hydrogen-bond acceptors (Lipinski definition) is 4. The molecule has 0 saturated heterocycles. The van der Waals surface area contributed by atoms with Crippen LogP contribution in [0.15, 0.2) is 35.3 Å². The van der Waals surface area contributed by atoms with E-state index in [0.717, 1.165) is 27.8 Å². The van der Waals surface area contributed by atoms with Gasteiger partial charge in [0.15, 0.2) is 11.6 Å². The van der Waals surface area contributed by atoms with Crippen LogP contribution in [0.3, 0.4) is 0 Å². The smallest absolute Gasteiger partial charge is 0.303 e. The molecule has 8 heteroatoms. The van der Waals surface area contributed by atoms with E-state index < -0.39 is 47.3 Å². The van der Waals surface area contributed by atoms with E-state index in [1.165, 1.54) is 4.57 Å². The van der Waals surface area contributed by atoms with Gasteiger partial charge in [-0.2, -0.15) is 0 Å². The topological polar surface area (TPSA) is 79.6 Å². The fraction of sp³-hybridized carbons (Fsp3) is 0.472. The van der Waals surface area contributed by atoms with Gasteiger partial charge in [-0.05, 0) is 124 Å². The summed E-state index contributed by atoms with van der Waals surface area (Å²) in [5.74, 6) is -4.07. The number of hydrogen-bond donors (Lipinski definition) is 1. The predicted molar refractivity (Wildman–Crippen MR) is 172 cm³/mol. The minimum Gasteiger partial charge on any atom is -0.481 e. The number of halogens is 2. The molecule has 1 heterocycles. The van der Waals surface area contributed by atoms with Crippen molar-refractivity contribution >= 4 is 11.8 Å². The van der Waals surface area contributed by atoms with Crippen molar-refractivity contribution in [3.8, 4) is 11.1 Å². The van der Waals surface area contributed by atoms with E-state index in [9.17, 15) is 19.5 Å². The summed E-state index contributed by atoms with van der Waals surface area (Å²) < 4.78 is 32.2. The molecule has 6 nitrogen and oxygen atoms in total. The molecular formula is C36H46F2N2O4. The summed E-state index contributed by atoms with van der Waals surface area (Å²) in [5.41, 5.74) is 5.28. The van der Waals surface area contributed by atoms with Crippen LogP contribution in [0.2, 0.25) is 0 Å². The van der Waals surface area contributed by atoms with Gasteiger partial charge in [0.1, 0.15) is 5.82 Å². The molecule has 1 N–H and O–H groups in total. The Labute approximate surface area is 259 Å². The zero-order valence-corrected chi connectivity index (χ0v) is 27.5. The van der Waals surface area contributed by atoms with E-state index in [1.54, 1.807) is 32.2 Å². The maximum absolute atomic E-state index is 15.8. The van der Waals surface area contributed by atoms with Crippen molar-refractivity contribution in [2.75, 3.05) is 20.6 Å². The molecule has 0 spiro atoms. The number of rotatable bonds is 13. The van der Waals surface area contributed by atoms with Gasteiger partial charge in [0.25, 0.3) is 5.56 Å². The van der Waals surface area contributed by atoms with Gasteiger partial charge < -0.3 is 14.6 Å². The van der Waals surface area contributed by atoms with Crippen molar-refractivity contribution < 1.29 is 23.5 Å². The molecule has 0 fully saturated rings. The number of Topliss-reactive ketones (excluding diaryl/α,β-unsaturated/α-hetero) is 1. The molecule has 0 aliphatic carbocycles. The zero-order chi connectivity index (χ0) is 33.0. The summed E-state index contributed by atoms with van der Waals surface area (Å²) in [6, 6.07) is 6.46. The molecule has 44 heavy (non-hydrogen) atoms. The number of pyridine rings is 1. The first-order chi connectivity index (χ1) is 20.5. The highest BCUT2D eigenvalue weighted by atomic mass is 19.1. The normalized spacial score (nSPS) is 13.0. The van der Waals surface area contributed by atoms with Crippen molar-refractivity contribution in [2.45, 2.75) is 86.1 Å². The first-order valence-corrected chi connectivity index (χ1v) is 15.2. The summed E-state index contributed by atoms with van der Waals surface area (Å²) in [4.78, 5) is 41.3. The van der Waals surface area contributed by atoms with Crippen molar-refractivity contribution in [1.29, 1.82) is 0 Å². The molecule has 1 aromatic heterocycles. The van der Waals surface area contributed by atoms with Gasteiger partial charge in [-0.25, -0.2) is 8.78 Å². The van der Waals surface area contributed by atoms with Crippen molar-refractivity contribution in [3.63, 3.8) is 0 Å². The lowest BCUT2D eigenvalue weighted by atomic mass is 9.83. The van der Waals surface area contributed by atoms with E-state index in [-0.39, 0.29) is 29.9 Å². The highest BCUT2D eigenvalue weighted by Crippen LogP contribution is 2.37. The van der Waals surface area contributed by atoms with E-state index in [4.69, 9.17) is 0 Å². The van der Waals surface area contributed by atoms with Crippen LogP contribution in [0.1, 0.15) is 84.0 Å². The average Bonchev–Trinajstić information content (AvgIpc) is 2.90. The largest absolute Gasteiger partial charge is 0.481 e. The number of aliphatic carboxylic acids is 1. The third-order valence-corrected chi connectivity index (χ3v) is 8.32. The van der Waals surface area contributed by atoms with E-state index in [0.29, 0.717) is 24.1 Å². The third-order valence-electron chi connectivity index (χ3n) is 8.32. The average molecular weight is 609 g/mol. The Kier molecular flexibility index (Phi) is 11.4. The summed E-state index contributed by atoms with van der Waals surface area (Å²) in [6.45, 7) is 13.6. The zero-order valence-electron chi connectivity index (χ0n) is 27.5. The fourth-order valence-electron chi connectivity index (χ4n) is 6.17. The van der Waals surface area contributed by atoms with Crippen LogP contribution in [0.4, 0.5) is 8.78 Å². The standard InChI is InChI=1S/C36H46F2N2O4/c1-20(2)12-30(40-19-26(10-11-39(8)9)25(7)35(38)36(40)44)31(41)17-27(18-32(42)43)29-16-28(15-24(6)34(29)37)33-22(4)13-21(3)14-23(33)5/h13-16,19-20,27,30H,10-12,17-18H2,1-9H3,(H,42,43)/t27-,30?/m0/s1. The number of carbonyl (C=O) groups is 2. The predicted octanol–water partition coefficient (Wildman–Crippen LogP) is 7.24. The number of carboxylic acid groups (broad SMARTS) is 1. The van der Waals surface area contributed by atoms with E-state index in [2.05, 4.69) is 0 Å². The molecule has 0 bridgehead atoms. The Morgan fingerprint density at radius 1 is 0.909 bits per heavy atom. The number of ketones is 1. The SMILES string of the molecule is Cc1cc(C)c(-c2cc(C)c(F)c([C@H](CC(=O)O)CC(=O)C(CC(C)C)n3cc(CCN(C)C)c(C)c(F)c3=O)c2)c(C)c1. The van der Waals surface area contributed by atoms with Crippen LogP contribution in [-0.2, 0) is 16.0 Å². The monoisotopic (exact) mass is 608 g/mol. The molecule has 0 radical (unpaired) electrons. The number of carboxylic acids is 1. The maximum Gasteiger partial charge on any atom is 0.303 e. The molecule has 238 valence electrons. The molecule has 0 saturated carbocycles. The molecule has 2 atom stereocenters. The number of nitrogens with zero attached hydrogens (tertiary/aromatic N) is 2. The molecule has 0 amide bonds. The molecule has 2 aromatic carbocycles. The summed E-state index contributed by atoms with van der Waals surface area (Å²) in [6.07, 6.45) is 1.50. The van der Waals surface area contributed by atoms with Gasteiger partial charge in [-0.1, -0.05) is 31.5 Å². The minimum atomic E-state index is -1.17. The number of likely N-dealkylation sites (N-methyl/N-ethyl adjacent to an activating group) is 1.